The monoisotopic (exact) mass is 440 g/mol. The average Bonchev–Trinajstić information content (AvgIpc) is 2.78. The van der Waals surface area contributed by atoms with E-state index in [0.717, 1.165) is 37.6 Å². The molecule has 0 saturated heterocycles. The second kappa shape index (κ2) is 13.2. The summed E-state index contributed by atoms with van der Waals surface area (Å²) in [4.78, 5) is 24.0. The molecule has 0 bridgehead atoms. The van der Waals surface area contributed by atoms with Gasteiger partial charge in [-0.25, -0.2) is 9.59 Å². The van der Waals surface area contributed by atoms with Gasteiger partial charge in [-0.3, -0.25) is 4.90 Å². The van der Waals surface area contributed by atoms with Crippen molar-refractivity contribution < 1.29 is 24.5 Å². The molecule has 1 unspecified atom stereocenters. The highest BCUT2D eigenvalue weighted by Gasteiger charge is 2.27. The summed E-state index contributed by atoms with van der Waals surface area (Å²) in [5, 5.41) is 15.6. The lowest BCUT2D eigenvalue weighted by Gasteiger charge is -2.38. The summed E-state index contributed by atoms with van der Waals surface area (Å²) in [6.45, 7) is 8.65. The van der Waals surface area contributed by atoms with Crippen LogP contribution in [-0.2, 0) is 9.59 Å². The number of hydrogen-bond donors (Lipinski definition) is 2. The van der Waals surface area contributed by atoms with Gasteiger partial charge in [0.05, 0.1) is 12.2 Å². The third-order valence-electron chi connectivity index (χ3n) is 4.81. The first-order valence-corrected chi connectivity index (χ1v) is 10.9. The van der Waals surface area contributed by atoms with E-state index in [9.17, 15) is 9.59 Å². The summed E-state index contributed by atoms with van der Waals surface area (Å²) in [5.74, 6) is -1.52. The Morgan fingerprint density at radius 3 is 2.09 bits per heavy atom. The molecule has 0 aromatic heterocycles. The van der Waals surface area contributed by atoms with Crippen LogP contribution in [0.4, 0.5) is 11.4 Å². The summed E-state index contributed by atoms with van der Waals surface area (Å²) >= 11 is 0. The van der Waals surface area contributed by atoms with Crippen molar-refractivity contribution in [3.63, 3.8) is 0 Å². The van der Waals surface area contributed by atoms with E-state index in [2.05, 4.69) is 78.2 Å². The molecule has 1 aliphatic rings. The van der Waals surface area contributed by atoms with Gasteiger partial charge in [0.2, 0.25) is 0 Å². The van der Waals surface area contributed by atoms with Gasteiger partial charge in [0, 0.05) is 24.4 Å². The maximum absolute atomic E-state index is 9.55. The van der Waals surface area contributed by atoms with Crippen LogP contribution in [0.2, 0.25) is 0 Å². The third-order valence-corrected chi connectivity index (χ3v) is 4.81. The zero-order valence-electron chi connectivity index (χ0n) is 18.7. The van der Waals surface area contributed by atoms with Crippen LogP contribution < -0.4 is 9.64 Å². The van der Waals surface area contributed by atoms with Gasteiger partial charge in [-0.15, -0.1) is 0 Å². The lowest BCUT2D eigenvalue weighted by Crippen LogP contribution is -2.45. The molecule has 3 rings (SSSR count). The Morgan fingerprint density at radius 1 is 0.969 bits per heavy atom. The molecule has 0 radical (unpaired) electrons. The lowest BCUT2D eigenvalue weighted by molar-refractivity contribution is -0.134. The molecule has 1 atom stereocenters. The Bertz CT molecular complexity index is 863. The zero-order chi connectivity index (χ0) is 23.3. The van der Waals surface area contributed by atoms with Crippen LogP contribution in [0, 0.1) is 0 Å². The van der Waals surface area contributed by atoms with E-state index in [1.54, 1.807) is 0 Å². The van der Waals surface area contributed by atoms with Crippen molar-refractivity contribution in [2.45, 2.75) is 32.8 Å². The van der Waals surface area contributed by atoms with Crippen LogP contribution in [0.1, 0.15) is 26.7 Å². The highest BCUT2D eigenvalue weighted by molar-refractivity contribution is 5.89. The number of carboxylic acid groups (broad SMARTS) is 2. The first-order chi connectivity index (χ1) is 15.4. The maximum atomic E-state index is 9.55. The van der Waals surface area contributed by atoms with Gasteiger partial charge in [-0.05, 0) is 50.2 Å². The highest BCUT2D eigenvalue weighted by atomic mass is 16.5. The van der Waals surface area contributed by atoms with Gasteiger partial charge < -0.3 is 19.8 Å². The molecule has 2 aromatic rings. The number of carboxylic acids is 2. The standard InChI is InChI=1S/C21H28N2O.C4H4O4/c1-3-14-22(15-4-2)16-19-17-23(18-10-6-5-7-11-18)20-12-8-9-13-21(20)24-19;5-3(6)1-2-4(7)8/h5-13,19H,3-4,14-17H2,1-2H3;1-2H,(H,5,6)(H,7,8)/b;2-1+. The van der Waals surface area contributed by atoms with Gasteiger partial charge >= 0.3 is 11.9 Å². The Kier molecular flexibility index (Phi) is 10.3. The second-order valence-corrected chi connectivity index (χ2v) is 7.46. The van der Waals surface area contributed by atoms with Crippen molar-refractivity contribution in [2.75, 3.05) is 31.1 Å². The molecular formula is C25H32N2O5. The second-order valence-electron chi connectivity index (χ2n) is 7.46. The first kappa shape index (κ1) is 24.9. The Hall–Kier alpha value is -3.32. The lowest BCUT2D eigenvalue weighted by atomic mass is 10.1. The summed E-state index contributed by atoms with van der Waals surface area (Å²) in [6, 6.07) is 19.0. The topological polar surface area (TPSA) is 90.3 Å². The molecule has 2 aromatic carbocycles. The molecule has 7 heteroatoms. The van der Waals surface area contributed by atoms with Crippen molar-refractivity contribution in [3.8, 4) is 5.75 Å². The molecule has 0 fully saturated rings. The van der Waals surface area contributed by atoms with E-state index in [1.807, 2.05) is 0 Å². The number of carbonyl (C=O) groups is 2. The van der Waals surface area contributed by atoms with Crippen LogP contribution in [0.3, 0.4) is 0 Å². The number of rotatable bonds is 9. The molecule has 0 spiro atoms. The summed E-state index contributed by atoms with van der Waals surface area (Å²) in [5.41, 5.74) is 2.40. The quantitative estimate of drug-likeness (QED) is 0.558. The molecule has 32 heavy (non-hydrogen) atoms. The summed E-state index contributed by atoms with van der Waals surface area (Å²) in [6.07, 6.45) is 3.68. The van der Waals surface area contributed by atoms with Crippen molar-refractivity contribution in [1.82, 2.24) is 4.90 Å². The van der Waals surface area contributed by atoms with E-state index >= 15 is 0 Å². The molecule has 2 N–H and O–H groups in total. The van der Waals surface area contributed by atoms with Crippen LogP contribution in [0.5, 0.6) is 5.75 Å². The fourth-order valence-electron chi connectivity index (χ4n) is 3.60. The van der Waals surface area contributed by atoms with Gasteiger partial charge in [-0.2, -0.15) is 0 Å². The van der Waals surface area contributed by atoms with E-state index < -0.39 is 11.9 Å². The molecule has 1 heterocycles. The molecule has 0 aliphatic carbocycles. The minimum Gasteiger partial charge on any atom is -0.485 e. The molecular weight excluding hydrogens is 408 g/mol. The molecule has 0 amide bonds. The predicted molar refractivity (Wildman–Crippen MR) is 126 cm³/mol. The fraction of sp³-hybridized carbons (Fsp3) is 0.360. The smallest absolute Gasteiger partial charge is 0.328 e. The van der Waals surface area contributed by atoms with E-state index in [0.29, 0.717) is 12.2 Å². The van der Waals surface area contributed by atoms with Crippen LogP contribution in [-0.4, -0.2) is 59.3 Å². The highest BCUT2D eigenvalue weighted by Crippen LogP contribution is 2.37. The van der Waals surface area contributed by atoms with E-state index in [1.165, 1.54) is 18.5 Å². The Labute approximate surface area is 189 Å². The van der Waals surface area contributed by atoms with Crippen molar-refractivity contribution in [3.05, 3.63) is 66.7 Å². The number of aliphatic carboxylic acids is 2. The number of nitrogens with zero attached hydrogens (tertiary/aromatic N) is 2. The molecule has 0 saturated carbocycles. The van der Waals surface area contributed by atoms with Crippen LogP contribution in [0.15, 0.2) is 66.7 Å². The molecule has 7 nitrogen and oxygen atoms in total. The maximum Gasteiger partial charge on any atom is 0.328 e. The number of fused-ring (bicyclic) bond motifs is 1. The predicted octanol–water partition coefficient (Wildman–Crippen LogP) is 4.42. The van der Waals surface area contributed by atoms with Crippen molar-refractivity contribution in [1.29, 1.82) is 0 Å². The number of benzene rings is 2. The summed E-state index contributed by atoms with van der Waals surface area (Å²) in [7, 11) is 0. The third kappa shape index (κ3) is 8.07. The normalized spacial score (nSPS) is 15.0. The molecule has 172 valence electrons. The van der Waals surface area contributed by atoms with Gasteiger partial charge in [0.15, 0.2) is 0 Å². The Morgan fingerprint density at radius 2 is 1.53 bits per heavy atom. The minimum absolute atomic E-state index is 0.193. The number of hydrogen-bond acceptors (Lipinski definition) is 5. The van der Waals surface area contributed by atoms with E-state index in [-0.39, 0.29) is 6.10 Å². The van der Waals surface area contributed by atoms with Gasteiger partial charge in [-0.1, -0.05) is 44.2 Å². The Balaban J connectivity index is 0.000000390. The fourth-order valence-corrected chi connectivity index (χ4v) is 3.60. The average molecular weight is 441 g/mol. The minimum atomic E-state index is -1.26. The van der Waals surface area contributed by atoms with E-state index in [4.69, 9.17) is 14.9 Å². The first-order valence-electron chi connectivity index (χ1n) is 10.9. The van der Waals surface area contributed by atoms with Crippen molar-refractivity contribution in [2.24, 2.45) is 0 Å². The number of anilines is 2. The zero-order valence-corrected chi connectivity index (χ0v) is 18.7. The van der Waals surface area contributed by atoms with Gasteiger partial charge in [0.1, 0.15) is 11.9 Å². The number of ether oxygens (including phenoxy) is 1. The van der Waals surface area contributed by atoms with Gasteiger partial charge in [0.25, 0.3) is 0 Å². The number of para-hydroxylation sites is 3. The van der Waals surface area contributed by atoms with Crippen LogP contribution >= 0.6 is 0 Å². The summed E-state index contributed by atoms with van der Waals surface area (Å²) < 4.78 is 6.32. The SMILES string of the molecule is CCCN(CCC)CC1CN(c2ccccc2)c2ccccc2O1.O=C(O)/C=C/C(=O)O. The largest absolute Gasteiger partial charge is 0.485 e. The molecule has 1 aliphatic heterocycles. The van der Waals surface area contributed by atoms with Crippen LogP contribution in [0.25, 0.3) is 0 Å². The van der Waals surface area contributed by atoms with Crippen molar-refractivity contribution >= 4 is 23.3 Å².